The van der Waals surface area contributed by atoms with Crippen molar-refractivity contribution in [1.82, 2.24) is 5.32 Å². The monoisotopic (exact) mass is 301 g/mol. The lowest BCUT2D eigenvalue weighted by molar-refractivity contribution is 0.0944. The van der Waals surface area contributed by atoms with Crippen molar-refractivity contribution in [3.63, 3.8) is 0 Å². The molecule has 6 heteroatoms. The zero-order valence-corrected chi connectivity index (χ0v) is 12.6. The topological polar surface area (TPSA) is 97.4 Å². The molecule has 22 heavy (non-hydrogen) atoms. The van der Waals surface area contributed by atoms with Crippen LogP contribution in [-0.4, -0.2) is 23.9 Å². The van der Waals surface area contributed by atoms with Crippen molar-refractivity contribution in [2.75, 3.05) is 11.9 Å². The maximum atomic E-state index is 12.1. The normalized spacial score (nSPS) is 11.0. The van der Waals surface area contributed by atoms with Crippen LogP contribution in [0.4, 0.5) is 5.69 Å². The molecule has 1 aromatic carbocycles. The smallest absolute Gasteiger partial charge is 0.291 e. The van der Waals surface area contributed by atoms with Gasteiger partial charge in [0, 0.05) is 23.3 Å². The molecule has 0 aliphatic carbocycles. The van der Waals surface area contributed by atoms with Gasteiger partial charge >= 0.3 is 0 Å². The summed E-state index contributed by atoms with van der Waals surface area (Å²) >= 11 is 0. The maximum absolute atomic E-state index is 12.1. The lowest BCUT2D eigenvalue weighted by atomic mass is 10.1. The molecule has 0 saturated heterocycles. The molecule has 0 fully saturated rings. The third-order valence-corrected chi connectivity index (χ3v) is 2.83. The van der Waals surface area contributed by atoms with E-state index >= 15 is 0 Å². The molecule has 0 atom stereocenters. The average Bonchev–Trinajstić information content (AvgIpc) is 2.98. The molecular formula is C16H19N3O3. The molecule has 1 aromatic heterocycles. The minimum absolute atomic E-state index is 0.208. The van der Waals surface area contributed by atoms with E-state index in [-0.39, 0.29) is 17.6 Å². The first-order valence-electron chi connectivity index (χ1n) is 6.87. The van der Waals surface area contributed by atoms with Crippen molar-refractivity contribution in [2.45, 2.75) is 19.4 Å². The van der Waals surface area contributed by atoms with E-state index in [0.717, 1.165) is 0 Å². The number of benzene rings is 1. The van der Waals surface area contributed by atoms with E-state index < -0.39 is 5.54 Å². The Hall–Kier alpha value is -2.60. The van der Waals surface area contributed by atoms with Gasteiger partial charge in [-0.05, 0) is 44.2 Å². The van der Waals surface area contributed by atoms with Gasteiger partial charge in [-0.3, -0.25) is 9.59 Å². The second-order valence-corrected chi connectivity index (χ2v) is 5.68. The Morgan fingerprint density at radius 1 is 1.18 bits per heavy atom. The van der Waals surface area contributed by atoms with Gasteiger partial charge in [0.05, 0.1) is 6.26 Å². The van der Waals surface area contributed by atoms with Crippen LogP contribution in [0.5, 0.6) is 0 Å². The molecule has 4 N–H and O–H groups in total. The summed E-state index contributed by atoms with van der Waals surface area (Å²) in [7, 11) is 0. The maximum Gasteiger partial charge on any atom is 0.291 e. The van der Waals surface area contributed by atoms with Crippen LogP contribution in [0.15, 0.2) is 47.1 Å². The zero-order chi connectivity index (χ0) is 16.2. The predicted octanol–water partition coefficient (Wildman–Crippen LogP) is 2.00. The van der Waals surface area contributed by atoms with Crippen LogP contribution in [0.25, 0.3) is 0 Å². The second-order valence-electron chi connectivity index (χ2n) is 5.68. The van der Waals surface area contributed by atoms with E-state index in [0.29, 0.717) is 17.8 Å². The molecular weight excluding hydrogens is 282 g/mol. The highest BCUT2D eigenvalue weighted by atomic mass is 16.3. The Balaban J connectivity index is 2.03. The van der Waals surface area contributed by atoms with Crippen molar-refractivity contribution in [1.29, 1.82) is 0 Å². The fourth-order valence-electron chi connectivity index (χ4n) is 1.75. The Bertz CT molecular complexity index is 658. The molecule has 116 valence electrons. The Morgan fingerprint density at radius 2 is 1.95 bits per heavy atom. The van der Waals surface area contributed by atoms with Gasteiger partial charge in [0.2, 0.25) is 0 Å². The zero-order valence-electron chi connectivity index (χ0n) is 12.6. The van der Waals surface area contributed by atoms with E-state index in [1.165, 1.54) is 6.26 Å². The van der Waals surface area contributed by atoms with Gasteiger partial charge in [0.1, 0.15) is 0 Å². The number of rotatable bonds is 5. The van der Waals surface area contributed by atoms with Crippen molar-refractivity contribution in [3.05, 3.63) is 54.0 Å². The van der Waals surface area contributed by atoms with E-state index in [9.17, 15) is 9.59 Å². The third kappa shape index (κ3) is 4.46. The first kappa shape index (κ1) is 15.8. The minimum Gasteiger partial charge on any atom is -0.459 e. The van der Waals surface area contributed by atoms with Crippen molar-refractivity contribution < 1.29 is 14.0 Å². The van der Waals surface area contributed by atoms with Gasteiger partial charge in [-0.25, -0.2) is 0 Å². The molecule has 2 aromatic rings. The quantitative estimate of drug-likeness (QED) is 0.786. The van der Waals surface area contributed by atoms with E-state index in [2.05, 4.69) is 10.6 Å². The molecule has 0 radical (unpaired) electrons. The SMILES string of the molecule is CC(C)(N)CNC(=O)c1cccc(NC(=O)c2ccco2)c1. The van der Waals surface area contributed by atoms with Gasteiger partial charge < -0.3 is 20.8 Å². The van der Waals surface area contributed by atoms with Crippen LogP contribution in [0.1, 0.15) is 34.8 Å². The Morgan fingerprint density at radius 3 is 2.59 bits per heavy atom. The average molecular weight is 301 g/mol. The van der Waals surface area contributed by atoms with Crippen LogP contribution in [-0.2, 0) is 0 Å². The molecule has 0 bridgehead atoms. The number of nitrogens with one attached hydrogen (secondary N) is 2. The van der Waals surface area contributed by atoms with Crippen LogP contribution in [0, 0.1) is 0 Å². The molecule has 0 aliphatic rings. The molecule has 2 amide bonds. The van der Waals surface area contributed by atoms with Gasteiger partial charge in [0.15, 0.2) is 5.76 Å². The molecule has 0 unspecified atom stereocenters. The summed E-state index contributed by atoms with van der Waals surface area (Å²) < 4.78 is 5.02. The summed E-state index contributed by atoms with van der Waals surface area (Å²) in [6.07, 6.45) is 1.42. The molecule has 2 rings (SSSR count). The van der Waals surface area contributed by atoms with Crippen molar-refractivity contribution >= 4 is 17.5 Å². The predicted molar refractivity (Wildman–Crippen MR) is 83.7 cm³/mol. The minimum atomic E-state index is -0.485. The number of amides is 2. The van der Waals surface area contributed by atoms with Gasteiger partial charge in [-0.2, -0.15) is 0 Å². The largest absolute Gasteiger partial charge is 0.459 e. The molecule has 0 spiro atoms. The summed E-state index contributed by atoms with van der Waals surface area (Å²) in [5.41, 5.74) is 6.31. The lowest BCUT2D eigenvalue weighted by Gasteiger charge is -2.19. The van der Waals surface area contributed by atoms with Crippen LogP contribution >= 0.6 is 0 Å². The van der Waals surface area contributed by atoms with Crippen LogP contribution < -0.4 is 16.4 Å². The third-order valence-electron chi connectivity index (χ3n) is 2.83. The molecule has 1 heterocycles. The summed E-state index contributed by atoms with van der Waals surface area (Å²) in [5, 5.41) is 5.43. The molecule has 6 nitrogen and oxygen atoms in total. The summed E-state index contributed by atoms with van der Waals surface area (Å²) in [6, 6.07) is 9.86. The van der Waals surface area contributed by atoms with Crippen LogP contribution in [0.3, 0.4) is 0 Å². The number of nitrogens with two attached hydrogens (primary N) is 1. The number of furan rings is 1. The standard InChI is InChI=1S/C16H19N3O3/c1-16(2,17)10-18-14(20)11-5-3-6-12(9-11)19-15(21)13-7-4-8-22-13/h3-9H,10,17H2,1-2H3,(H,18,20)(H,19,21). The number of carbonyl (C=O) groups is 2. The van der Waals surface area contributed by atoms with Gasteiger partial charge in [0.25, 0.3) is 11.8 Å². The highest BCUT2D eigenvalue weighted by Crippen LogP contribution is 2.13. The Kier molecular flexibility index (Phi) is 4.62. The lowest BCUT2D eigenvalue weighted by Crippen LogP contribution is -2.45. The fourth-order valence-corrected chi connectivity index (χ4v) is 1.75. The van der Waals surface area contributed by atoms with Gasteiger partial charge in [-0.1, -0.05) is 6.07 Å². The summed E-state index contributed by atoms with van der Waals surface area (Å²) in [5.74, 6) is -0.405. The number of anilines is 1. The summed E-state index contributed by atoms with van der Waals surface area (Å²) in [6.45, 7) is 4.01. The highest BCUT2D eigenvalue weighted by Gasteiger charge is 2.14. The first-order valence-corrected chi connectivity index (χ1v) is 6.87. The summed E-state index contributed by atoms with van der Waals surface area (Å²) in [4.78, 5) is 24.0. The van der Waals surface area contributed by atoms with Crippen molar-refractivity contribution in [2.24, 2.45) is 5.73 Å². The highest BCUT2D eigenvalue weighted by molar-refractivity contribution is 6.03. The van der Waals surface area contributed by atoms with Gasteiger partial charge in [-0.15, -0.1) is 0 Å². The van der Waals surface area contributed by atoms with E-state index in [1.807, 2.05) is 13.8 Å². The number of carbonyl (C=O) groups excluding carboxylic acids is 2. The van der Waals surface area contributed by atoms with Crippen LogP contribution in [0.2, 0.25) is 0 Å². The fraction of sp³-hybridized carbons (Fsp3) is 0.250. The van der Waals surface area contributed by atoms with E-state index in [1.54, 1.807) is 36.4 Å². The first-order chi connectivity index (χ1) is 10.3. The molecule has 0 aliphatic heterocycles. The number of hydrogen-bond donors (Lipinski definition) is 3. The second kappa shape index (κ2) is 6.44. The number of hydrogen-bond acceptors (Lipinski definition) is 4. The van der Waals surface area contributed by atoms with E-state index in [4.69, 9.17) is 10.2 Å². The molecule has 0 saturated carbocycles. The van der Waals surface area contributed by atoms with Crippen molar-refractivity contribution in [3.8, 4) is 0 Å². The Labute approximate surface area is 128 Å².